The molecule has 0 aliphatic heterocycles. The zero-order valence-corrected chi connectivity index (χ0v) is 6.86. The Morgan fingerprint density at radius 2 is 2.40 bits per heavy atom. The maximum absolute atomic E-state index is 5.48. The van der Waals surface area contributed by atoms with E-state index in [4.69, 9.17) is 10.3 Å². The molecule has 1 rings (SSSR count). The molecule has 1 heterocycles. The number of hydrogen-bond acceptors (Lipinski definition) is 4. The van der Waals surface area contributed by atoms with Gasteiger partial charge in [-0.3, -0.25) is 0 Å². The summed E-state index contributed by atoms with van der Waals surface area (Å²) >= 11 is 1.65. The van der Waals surface area contributed by atoms with E-state index in [1.54, 1.807) is 11.8 Å². The molecule has 3 nitrogen and oxygen atoms in total. The second kappa shape index (κ2) is 2.96. The molecule has 0 aromatic carbocycles. The summed E-state index contributed by atoms with van der Waals surface area (Å²) in [5, 5.41) is 3.71. The maximum atomic E-state index is 5.48. The molecule has 0 saturated carbocycles. The Balaban J connectivity index is 2.87. The average molecular weight is 158 g/mol. The van der Waals surface area contributed by atoms with E-state index in [1.807, 2.05) is 6.92 Å². The molecule has 0 unspecified atom stereocenters. The van der Waals surface area contributed by atoms with E-state index in [0.29, 0.717) is 5.88 Å². The molecule has 0 amide bonds. The number of rotatable bonds is 2. The van der Waals surface area contributed by atoms with Crippen LogP contribution in [0, 0.1) is 6.92 Å². The fourth-order valence-corrected chi connectivity index (χ4v) is 1.41. The summed E-state index contributed by atoms with van der Waals surface area (Å²) in [5.41, 5.74) is 6.36. The van der Waals surface area contributed by atoms with Crippen LogP contribution in [-0.4, -0.2) is 10.9 Å². The van der Waals surface area contributed by atoms with Crippen molar-refractivity contribution in [3.05, 3.63) is 5.69 Å². The van der Waals surface area contributed by atoms with Crippen molar-refractivity contribution in [1.29, 1.82) is 0 Å². The van der Waals surface area contributed by atoms with Gasteiger partial charge in [0.05, 0.1) is 10.6 Å². The quantitative estimate of drug-likeness (QED) is 0.665. The molecule has 1 aromatic heterocycles. The third kappa shape index (κ3) is 1.26. The van der Waals surface area contributed by atoms with Crippen molar-refractivity contribution < 1.29 is 4.52 Å². The lowest BCUT2D eigenvalue weighted by atomic mass is 10.5. The minimum Gasteiger partial charge on any atom is -0.367 e. The van der Waals surface area contributed by atoms with Gasteiger partial charge in [-0.2, -0.15) is 0 Å². The number of thioether (sulfide) groups is 1. The first-order chi connectivity index (χ1) is 4.75. The van der Waals surface area contributed by atoms with Gasteiger partial charge in [-0.1, -0.05) is 12.1 Å². The summed E-state index contributed by atoms with van der Waals surface area (Å²) < 4.78 is 4.75. The molecule has 0 atom stereocenters. The number of hydrogen-bond donors (Lipinski definition) is 1. The summed E-state index contributed by atoms with van der Waals surface area (Å²) in [6.07, 6.45) is 0. The number of aryl methyl sites for hydroxylation is 1. The third-order valence-electron chi connectivity index (χ3n) is 1.12. The van der Waals surface area contributed by atoms with Gasteiger partial charge >= 0.3 is 0 Å². The molecule has 0 saturated heterocycles. The molecular formula is C6H10N2OS. The normalized spacial score (nSPS) is 10.2. The molecule has 0 aliphatic rings. The van der Waals surface area contributed by atoms with Gasteiger partial charge in [0.15, 0.2) is 0 Å². The first-order valence-electron chi connectivity index (χ1n) is 3.10. The Morgan fingerprint density at radius 3 is 2.80 bits per heavy atom. The van der Waals surface area contributed by atoms with Crippen LogP contribution in [0.5, 0.6) is 0 Å². The minimum absolute atomic E-state index is 0.435. The van der Waals surface area contributed by atoms with Gasteiger partial charge in [-0.05, 0) is 12.7 Å². The molecule has 1 aromatic rings. The van der Waals surface area contributed by atoms with Crippen LogP contribution in [0.3, 0.4) is 0 Å². The molecule has 0 fully saturated rings. The van der Waals surface area contributed by atoms with Crippen LogP contribution >= 0.6 is 11.8 Å². The average Bonchev–Trinajstić information content (AvgIpc) is 2.20. The molecule has 2 N–H and O–H groups in total. The zero-order valence-electron chi connectivity index (χ0n) is 6.05. The van der Waals surface area contributed by atoms with Crippen molar-refractivity contribution in [2.75, 3.05) is 11.5 Å². The molecule has 0 aliphatic carbocycles. The number of anilines is 1. The van der Waals surface area contributed by atoms with Gasteiger partial charge in [-0.15, -0.1) is 11.8 Å². The van der Waals surface area contributed by atoms with Crippen molar-refractivity contribution in [2.45, 2.75) is 18.7 Å². The van der Waals surface area contributed by atoms with Crippen LogP contribution in [0.1, 0.15) is 12.6 Å². The summed E-state index contributed by atoms with van der Waals surface area (Å²) in [4.78, 5) is 0.975. The van der Waals surface area contributed by atoms with E-state index < -0.39 is 0 Å². The smallest absolute Gasteiger partial charge is 0.236 e. The Bertz CT molecular complexity index is 202. The Kier molecular flexibility index (Phi) is 2.21. The number of aromatic nitrogens is 1. The first kappa shape index (κ1) is 7.47. The van der Waals surface area contributed by atoms with Crippen LogP contribution in [-0.2, 0) is 0 Å². The predicted molar refractivity (Wildman–Crippen MR) is 42.1 cm³/mol. The fourth-order valence-electron chi connectivity index (χ4n) is 0.699. The molecule has 0 radical (unpaired) electrons. The maximum Gasteiger partial charge on any atom is 0.236 e. The lowest BCUT2D eigenvalue weighted by Gasteiger charge is -1.92. The summed E-state index contributed by atoms with van der Waals surface area (Å²) in [6, 6.07) is 0. The number of nitrogen functional groups attached to an aromatic ring is 1. The Morgan fingerprint density at radius 1 is 1.70 bits per heavy atom. The summed E-state index contributed by atoms with van der Waals surface area (Å²) in [7, 11) is 0. The highest BCUT2D eigenvalue weighted by Crippen LogP contribution is 2.27. The van der Waals surface area contributed by atoms with Crippen LogP contribution in [0.25, 0.3) is 0 Å². The van der Waals surface area contributed by atoms with Crippen molar-refractivity contribution in [3.63, 3.8) is 0 Å². The molecule has 0 bridgehead atoms. The summed E-state index contributed by atoms with van der Waals surface area (Å²) in [5.74, 6) is 1.43. The Labute approximate surface area is 64.0 Å². The fraction of sp³-hybridized carbons (Fsp3) is 0.500. The highest BCUT2D eigenvalue weighted by molar-refractivity contribution is 7.99. The van der Waals surface area contributed by atoms with Gasteiger partial charge < -0.3 is 10.3 Å². The first-order valence-corrected chi connectivity index (χ1v) is 4.08. The van der Waals surface area contributed by atoms with Crippen LogP contribution in [0.4, 0.5) is 5.88 Å². The number of nitrogens with zero attached hydrogens (tertiary/aromatic N) is 1. The molecular weight excluding hydrogens is 148 g/mol. The second-order valence-corrected chi connectivity index (χ2v) is 3.17. The van der Waals surface area contributed by atoms with Gasteiger partial charge in [0.25, 0.3) is 0 Å². The van der Waals surface area contributed by atoms with Crippen molar-refractivity contribution in [1.82, 2.24) is 5.16 Å². The van der Waals surface area contributed by atoms with Crippen LogP contribution < -0.4 is 5.73 Å². The largest absolute Gasteiger partial charge is 0.367 e. The second-order valence-electron chi connectivity index (χ2n) is 1.89. The van der Waals surface area contributed by atoms with E-state index in [0.717, 1.165) is 16.3 Å². The van der Waals surface area contributed by atoms with Crippen molar-refractivity contribution in [2.24, 2.45) is 0 Å². The SMILES string of the molecule is CCSc1c(C)noc1N. The number of nitrogens with two attached hydrogens (primary N) is 1. The van der Waals surface area contributed by atoms with E-state index in [9.17, 15) is 0 Å². The minimum atomic E-state index is 0.435. The van der Waals surface area contributed by atoms with E-state index in [2.05, 4.69) is 12.1 Å². The monoisotopic (exact) mass is 158 g/mol. The van der Waals surface area contributed by atoms with E-state index in [-0.39, 0.29) is 0 Å². The molecule has 56 valence electrons. The molecule has 0 spiro atoms. The highest BCUT2D eigenvalue weighted by atomic mass is 32.2. The van der Waals surface area contributed by atoms with Crippen molar-refractivity contribution >= 4 is 17.6 Å². The van der Waals surface area contributed by atoms with Gasteiger partial charge in [0, 0.05) is 0 Å². The van der Waals surface area contributed by atoms with Gasteiger partial charge in [-0.25, -0.2) is 0 Å². The predicted octanol–water partition coefficient (Wildman–Crippen LogP) is 1.68. The van der Waals surface area contributed by atoms with Crippen molar-refractivity contribution in [3.8, 4) is 0 Å². The lowest BCUT2D eigenvalue weighted by molar-refractivity contribution is 0.430. The highest BCUT2D eigenvalue weighted by Gasteiger charge is 2.07. The Hall–Kier alpha value is -0.640. The molecule has 10 heavy (non-hydrogen) atoms. The van der Waals surface area contributed by atoms with Crippen LogP contribution in [0.15, 0.2) is 9.42 Å². The van der Waals surface area contributed by atoms with E-state index >= 15 is 0 Å². The molecule has 4 heteroatoms. The van der Waals surface area contributed by atoms with Gasteiger partial charge in [0.2, 0.25) is 5.88 Å². The standard InChI is InChI=1S/C6H10N2OS/c1-3-10-5-4(2)8-9-6(5)7/h3,7H2,1-2H3. The third-order valence-corrected chi connectivity index (χ3v) is 2.20. The summed E-state index contributed by atoms with van der Waals surface area (Å²) in [6.45, 7) is 3.95. The zero-order chi connectivity index (χ0) is 7.56. The van der Waals surface area contributed by atoms with E-state index in [1.165, 1.54) is 0 Å². The topological polar surface area (TPSA) is 52.0 Å². The van der Waals surface area contributed by atoms with Crippen LogP contribution in [0.2, 0.25) is 0 Å². The lowest BCUT2D eigenvalue weighted by Crippen LogP contribution is -1.83. The van der Waals surface area contributed by atoms with Gasteiger partial charge in [0.1, 0.15) is 0 Å².